The van der Waals surface area contributed by atoms with E-state index in [4.69, 9.17) is 14.5 Å². The first kappa shape index (κ1) is 43.7. The second-order valence-corrected chi connectivity index (χ2v) is 14.6. The minimum atomic E-state index is -2.29. The monoisotopic (exact) mass is 827 g/mol. The second-order valence-electron chi connectivity index (χ2n) is 14.6. The van der Waals surface area contributed by atoms with Crippen molar-refractivity contribution in [3.05, 3.63) is 135 Å². The highest BCUT2D eigenvalue weighted by Gasteiger charge is 2.43. The number of carbonyl (C=O) groups is 4. The molecule has 1 aliphatic rings. The summed E-state index contributed by atoms with van der Waals surface area (Å²) in [7, 11) is 0. The van der Waals surface area contributed by atoms with Crippen LogP contribution in [0.5, 0.6) is 11.5 Å². The van der Waals surface area contributed by atoms with Gasteiger partial charge in [-0.3, -0.25) is 19.2 Å². The second kappa shape index (κ2) is 20.4. The summed E-state index contributed by atoms with van der Waals surface area (Å²) in [5, 5.41) is 31.3. The lowest BCUT2D eigenvalue weighted by Gasteiger charge is -2.27. The summed E-state index contributed by atoms with van der Waals surface area (Å²) in [5.41, 5.74) is 1.12. The summed E-state index contributed by atoms with van der Waals surface area (Å²) in [6, 6.07) is 24.0. The summed E-state index contributed by atoms with van der Waals surface area (Å²) in [4.78, 5) is 68.8. The average Bonchev–Trinajstić information content (AvgIpc) is 3.62. The zero-order valence-electron chi connectivity index (χ0n) is 34.1. The van der Waals surface area contributed by atoms with Crippen LogP contribution < -0.4 is 26.2 Å². The summed E-state index contributed by atoms with van der Waals surface area (Å²) < 4.78 is 12.4. The molecule has 0 fully saturated rings. The molecule has 1 atom stereocenters. The number of phenolic OH excluding ortho intramolecular Hbond substituents is 1. The predicted octanol–water partition coefficient (Wildman–Crippen LogP) is 5.12. The van der Waals surface area contributed by atoms with Gasteiger partial charge in [0.05, 0.1) is 29.0 Å². The number of carbonyl (C=O) groups excluding carboxylic acids is 4. The van der Waals surface area contributed by atoms with E-state index in [1.54, 1.807) is 61.5 Å². The van der Waals surface area contributed by atoms with Crippen LogP contribution in [0.15, 0.2) is 102 Å². The summed E-state index contributed by atoms with van der Waals surface area (Å²) >= 11 is 0. The van der Waals surface area contributed by atoms with E-state index in [2.05, 4.69) is 16.0 Å². The van der Waals surface area contributed by atoms with Crippen LogP contribution in [0.1, 0.15) is 67.3 Å². The number of para-hydroxylation sites is 1. The number of rotatable bonds is 19. The molecule has 5 N–H and O–H groups in total. The van der Waals surface area contributed by atoms with Crippen molar-refractivity contribution in [2.75, 3.05) is 26.2 Å². The molecule has 1 unspecified atom stereocenters. The predicted molar refractivity (Wildman–Crippen MR) is 231 cm³/mol. The largest absolute Gasteiger partial charge is 0.508 e. The first-order valence-electron chi connectivity index (χ1n) is 20.2. The van der Waals surface area contributed by atoms with Crippen molar-refractivity contribution in [2.45, 2.75) is 58.3 Å². The van der Waals surface area contributed by atoms with Gasteiger partial charge in [-0.2, -0.15) is 0 Å². The van der Waals surface area contributed by atoms with E-state index in [9.17, 15) is 34.2 Å². The molecule has 2 amide bonds. The summed E-state index contributed by atoms with van der Waals surface area (Å²) in [6.45, 7) is 5.11. The van der Waals surface area contributed by atoms with E-state index in [-0.39, 0.29) is 47.4 Å². The molecule has 2 aromatic heterocycles. The lowest BCUT2D eigenvalue weighted by molar-refractivity contribution is -0.157. The van der Waals surface area contributed by atoms with Gasteiger partial charge in [0.15, 0.2) is 5.60 Å². The number of esters is 2. The van der Waals surface area contributed by atoms with Crippen LogP contribution in [0.4, 0.5) is 0 Å². The minimum absolute atomic E-state index is 0.0305. The number of aromatic hydroxyl groups is 1. The Morgan fingerprint density at radius 1 is 0.836 bits per heavy atom. The number of hydrogen-bond donors (Lipinski definition) is 5. The summed E-state index contributed by atoms with van der Waals surface area (Å²) in [5.74, 6) is -1.78. The molecule has 3 heterocycles. The van der Waals surface area contributed by atoms with E-state index in [1.165, 1.54) is 35.8 Å². The molecule has 3 aromatic carbocycles. The number of pyridine rings is 2. The Bertz CT molecular complexity index is 2510. The van der Waals surface area contributed by atoms with E-state index < -0.39 is 29.7 Å². The molecule has 316 valence electrons. The Kier molecular flexibility index (Phi) is 14.6. The van der Waals surface area contributed by atoms with Gasteiger partial charge in [0, 0.05) is 48.7 Å². The topological polar surface area (TPSA) is 198 Å². The first-order chi connectivity index (χ1) is 29.4. The van der Waals surface area contributed by atoms with Crippen molar-refractivity contribution in [1.29, 1.82) is 0 Å². The van der Waals surface area contributed by atoms with Gasteiger partial charge in [0.25, 0.3) is 5.56 Å². The molecule has 1 aliphatic heterocycles. The maximum atomic E-state index is 14.0. The quantitative estimate of drug-likeness (QED) is 0.0315. The molecule has 0 spiro atoms. The molecular weight excluding hydrogens is 779 g/mol. The van der Waals surface area contributed by atoms with Gasteiger partial charge < -0.3 is 40.2 Å². The molecule has 0 saturated heterocycles. The van der Waals surface area contributed by atoms with Crippen LogP contribution >= 0.6 is 0 Å². The molecule has 0 radical (unpaired) electrons. The highest BCUT2D eigenvalue weighted by Crippen LogP contribution is 2.37. The van der Waals surface area contributed by atoms with Gasteiger partial charge in [-0.1, -0.05) is 49.4 Å². The Morgan fingerprint density at radius 2 is 1.46 bits per heavy atom. The van der Waals surface area contributed by atoms with Gasteiger partial charge >= 0.3 is 11.9 Å². The first-order valence-corrected chi connectivity index (χ1v) is 20.2. The molecule has 0 bridgehead atoms. The molecule has 14 heteroatoms. The fourth-order valence-electron chi connectivity index (χ4n) is 6.86. The number of hydrogen-bond acceptors (Lipinski definition) is 11. The van der Waals surface area contributed by atoms with Crippen LogP contribution in [-0.2, 0) is 42.7 Å². The van der Waals surface area contributed by atoms with Crippen LogP contribution in [0.3, 0.4) is 0 Å². The molecule has 5 aromatic rings. The maximum absolute atomic E-state index is 14.0. The lowest BCUT2D eigenvalue weighted by Crippen LogP contribution is -2.42. The van der Waals surface area contributed by atoms with Crippen molar-refractivity contribution < 1.29 is 38.9 Å². The average molecular weight is 828 g/mol. The molecule has 14 nitrogen and oxygen atoms in total. The molecule has 6 rings (SSSR count). The Morgan fingerprint density at radius 3 is 2.13 bits per heavy atom. The number of ether oxygens (including phenoxy) is 2. The van der Waals surface area contributed by atoms with Crippen molar-refractivity contribution in [3.8, 4) is 22.9 Å². The van der Waals surface area contributed by atoms with E-state index in [1.807, 2.05) is 30.3 Å². The van der Waals surface area contributed by atoms with Crippen molar-refractivity contribution in [3.63, 3.8) is 0 Å². The van der Waals surface area contributed by atoms with Gasteiger partial charge in [-0.25, -0.2) is 9.78 Å². The van der Waals surface area contributed by atoms with Crippen LogP contribution in [0, 0.1) is 0 Å². The molecule has 0 aliphatic carbocycles. The SMILES string of the molecule is CCC(O)(C(=O)Oc1ccc(C=CC(=O)NCCCNCCCCNC(=O)C=Cc2ccc(O)cc2)cc1)c1cc2n(c(=O)c1COC(C)=O)Cc1cc3ccccc3nc1-2. The smallest absolute Gasteiger partial charge is 0.348 e. The molecule has 61 heavy (non-hydrogen) atoms. The number of aromatic nitrogens is 2. The van der Waals surface area contributed by atoms with Crippen LogP contribution in [0.25, 0.3) is 34.4 Å². The normalized spacial score (nSPS) is 12.8. The summed E-state index contributed by atoms with van der Waals surface area (Å²) in [6.07, 6.45) is 8.46. The van der Waals surface area contributed by atoms with Gasteiger partial charge in [-0.15, -0.1) is 0 Å². The van der Waals surface area contributed by atoms with Gasteiger partial charge in [0.2, 0.25) is 11.8 Å². The van der Waals surface area contributed by atoms with E-state index in [0.717, 1.165) is 54.4 Å². The molecule has 0 saturated carbocycles. The Balaban J connectivity index is 0.967. The number of fused-ring (bicyclic) bond motifs is 4. The van der Waals surface area contributed by atoms with E-state index in [0.29, 0.717) is 30.0 Å². The number of benzene rings is 3. The zero-order valence-corrected chi connectivity index (χ0v) is 34.1. The van der Waals surface area contributed by atoms with Crippen LogP contribution in [0.2, 0.25) is 0 Å². The van der Waals surface area contributed by atoms with Crippen LogP contribution in [-0.4, -0.2) is 69.7 Å². The van der Waals surface area contributed by atoms with E-state index >= 15 is 0 Å². The number of amides is 2. The number of nitrogens with one attached hydrogen (secondary N) is 3. The highest BCUT2D eigenvalue weighted by molar-refractivity contribution is 5.92. The third-order valence-electron chi connectivity index (χ3n) is 10.2. The highest BCUT2D eigenvalue weighted by atomic mass is 16.6. The third-order valence-corrected chi connectivity index (χ3v) is 10.2. The van der Waals surface area contributed by atoms with Crippen molar-refractivity contribution in [1.82, 2.24) is 25.5 Å². The standard InChI is InChI=1S/C47H49N5O9/c1-3-47(59,39-28-41-44-35(27-34-9-4-5-10-40(34)51-44)29-52(41)45(57)38(39)30-60-31(2)53)46(58)61-37-19-13-33(14-20-37)16-22-43(56)50-26-8-24-48-23-6-7-25-49-42(55)21-15-32-11-17-36(54)18-12-32/h4-5,9-22,27-28,48,54,59H,3,6-8,23-26,29-30H2,1-2H3,(H,49,55)(H,50,56). The lowest BCUT2D eigenvalue weighted by atomic mass is 9.87. The number of phenols is 1. The van der Waals surface area contributed by atoms with Gasteiger partial charge in [0.1, 0.15) is 18.1 Å². The molecular formula is C47H49N5O9. The minimum Gasteiger partial charge on any atom is -0.508 e. The number of aliphatic hydroxyl groups is 1. The fraction of sp³-hybridized carbons (Fsp3) is 0.277. The number of unbranched alkanes of at least 4 members (excludes halogenated alkanes) is 1. The van der Waals surface area contributed by atoms with Crippen molar-refractivity contribution >= 4 is 46.8 Å². The Hall–Kier alpha value is -6.90. The van der Waals surface area contributed by atoms with Gasteiger partial charge in [-0.05, 0) is 105 Å². The number of nitrogens with zero attached hydrogens (tertiary/aromatic N) is 2. The maximum Gasteiger partial charge on any atom is 0.348 e. The fourth-order valence-corrected chi connectivity index (χ4v) is 6.86. The Labute approximate surface area is 352 Å². The van der Waals surface area contributed by atoms with Crippen molar-refractivity contribution in [2.24, 2.45) is 0 Å². The third kappa shape index (κ3) is 11.2. The zero-order chi connectivity index (χ0) is 43.4.